The van der Waals surface area contributed by atoms with E-state index in [0.717, 1.165) is 22.3 Å². The topological polar surface area (TPSA) is 26.3 Å². The fourth-order valence-electron chi connectivity index (χ4n) is 2.04. The third kappa shape index (κ3) is 3.44. The van der Waals surface area contributed by atoms with Crippen LogP contribution in [0.5, 0.6) is 0 Å². The molecule has 2 aromatic rings. The van der Waals surface area contributed by atoms with Crippen LogP contribution in [-0.4, -0.2) is 12.6 Å². The Morgan fingerprint density at radius 2 is 1.79 bits per heavy atom. The lowest BCUT2D eigenvalue weighted by molar-refractivity contribution is -0.142. The van der Waals surface area contributed by atoms with E-state index >= 15 is 0 Å². The van der Waals surface area contributed by atoms with E-state index in [2.05, 4.69) is 30.3 Å². The van der Waals surface area contributed by atoms with Crippen LogP contribution in [-0.2, 0) is 16.0 Å². The Kier molecular flexibility index (Phi) is 4.35. The van der Waals surface area contributed by atoms with Crippen LogP contribution >= 0.6 is 0 Å². The third-order valence-corrected chi connectivity index (χ3v) is 3.10. The van der Waals surface area contributed by atoms with Gasteiger partial charge in [0.15, 0.2) is 0 Å². The van der Waals surface area contributed by atoms with Gasteiger partial charge in [-0.25, -0.2) is 0 Å². The lowest BCUT2D eigenvalue weighted by Gasteiger charge is -2.09. The van der Waals surface area contributed by atoms with Gasteiger partial charge in [0, 0.05) is 0 Å². The summed E-state index contributed by atoms with van der Waals surface area (Å²) in [5.74, 6) is -0.171. The number of rotatable bonds is 4. The van der Waals surface area contributed by atoms with E-state index in [4.69, 9.17) is 4.74 Å². The van der Waals surface area contributed by atoms with Crippen molar-refractivity contribution >= 4 is 5.97 Å². The van der Waals surface area contributed by atoms with Crippen molar-refractivity contribution in [2.24, 2.45) is 0 Å². The Labute approximate surface area is 114 Å². The second kappa shape index (κ2) is 6.19. The van der Waals surface area contributed by atoms with Crippen molar-refractivity contribution < 1.29 is 9.53 Å². The molecular formula is C17H18O2. The summed E-state index contributed by atoms with van der Waals surface area (Å²) in [6.07, 6.45) is 0.334. The highest BCUT2D eigenvalue weighted by molar-refractivity contribution is 5.74. The normalized spacial score (nSPS) is 10.2. The molecule has 0 bridgehead atoms. The van der Waals surface area contributed by atoms with E-state index in [1.54, 1.807) is 0 Å². The summed E-state index contributed by atoms with van der Waals surface area (Å²) in [6, 6.07) is 16.4. The summed E-state index contributed by atoms with van der Waals surface area (Å²) in [5.41, 5.74) is 4.44. The Hall–Kier alpha value is -2.09. The summed E-state index contributed by atoms with van der Waals surface area (Å²) in [7, 11) is 0. The van der Waals surface area contributed by atoms with E-state index in [-0.39, 0.29) is 5.97 Å². The van der Waals surface area contributed by atoms with E-state index < -0.39 is 0 Å². The molecule has 2 nitrogen and oxygen atoms in total. The van der Waals surface area contributed by atoms with E-state index in [1.807, 2.05) is 32.0 Å². The summed E-state index contributed by atoms with van der Waals surface area (Å²) in [6.45, 7) is 4.27. The minimum atomic E-state index is -0.171. The molecule has 0 saturated heterocycles. The van der Waals surface area contributed by atoms with E-state index in [9.17, 15) is 4.79 Å². The molecule has 0 radical (unpaired) electrons. The first-order chi connectivity index (χ1) is 9.20. The maximum atomic E-state index is 11.6. The quantitative estimate of drug-likeness (QED) is 0.776. The fraction of sp³-hybridized carbons (Fsp3) is 0.235. The highest BCUT2D eigenvalue weighted by atomic mass is 16.5. The van der Waals surface area contributed by atoms with Crippen molar-refractivity contribution in [3.63, 3.8) is 0 Å². The number of benzene rings is 2. The lowest BCUT2D eigenvalue weighted by Crippen LogP contribution is -2.08. The van der Waals surface area contributed by atoms with Crippen molar-refractivity contribution in [3.8, 4) is 11.1 Å². The van der Waals surface area contributed by atoms with Gasteiger partial charge in [-0.3, -0.25) is 4.79 Å². The van der Waals surface area contributed by atoms with Crippen molar-refractivity contribution in [1.82, 2.24) is 0 Å². The Morgan fingerprint density at radius 1 is 1.05 bits per heavy atom. The second-order valence-corrected chi connectivity index (χ2v) is 4.49. The lowest BCUT2D eigenvalue weighted by atomic mass is 9.98. The second-order valence-electron chi connectivity index (χ2n) is 4.49. The van der Waals surface area contributed by atoms with Gasteiger partial charge in [0.2, 0.25) is 0 Å². The van der Waals surface area contributed by atoms with Gasteiger partial charge in [-0.1, -0.05) is 48.5 Å². The Bertz CT molecular complexity index is 559. The zero-order chi connectivity index (χ0) is 13.7. The van der Waals surface area contributed by atoms with Crippen LogP contribution < -0.4 is 0 Å². The first-order valence-corrected chi connectivity index (χ1v) is 6.51. The molecule has 0 N–H and O–H groups in total. The maximum Gasteiger partial charge on any atom is 0.310 e. The molecule has 0 fully saturated rings. The van der Waals surface area contributed by atoms with Gasteiger partial charge in [0.1, 0.15) is 0 Å². The molecule has 2 aromatic carbocycles. The highest BCUT2D eigenvalue weighted by Gasteiger charge is 2.08. The van der Waals surface area contributed by atoms with E-state index in [0.29, 0.717) is 13.0 Å². The predicted molar refractivity (Wildman–Crippen MR) is 77.0 cm³/mol. The average Bonchev–Trinajstić information content (AvgIpc) is 2.42. The minimum Gasteiger partial charge on any atom is -0.466 e. The van der Waals surface area contributed by atoms with Crippen molar-refractivity contribution in [3.05, 3.63) is 59.7 Å². The number of esters is 1. The highest BCUT2D eigenvalue weighted by Crippen LogP contribution is 2.22. The summed E-state index contributed by atoms with van der Waals surface area (Å²) < 4.78 is 5.01. The number of ether oxygens (including phenoxy) is 1. The van der Waals surface area contributed by atoms with Gasteiger partial charge in [0.05, 0.1) is 13.0 Å². The van der Waals surface area contributed by atoms with Crippen molar-refractivity contribution in [1.29, 1.82) is 0 Å². The maximum absolute atomic E-state index is 11.6. The van der Waals surface area contributed by atoms with Crippen LogP contribution in [0.25, 0.3) is 11.1 Å². The molecule has 2 heteroatoms. The molecule has 0 heterocycles. The average molecular weight is 254 g/mol. The number of carbonyl (C=O) groups is 1. The van der Waals surface area contributed by atoms with Crippen molar-refractivity contribution in [2.75, 3.05) is 6.61 Å². The third-order valence-electron chi connectivity index (χ3n) is 3.10. The minimum absolute atomic E-state index is 0.171. The van der Waals surface area contributed by atoms with Crippen molar-refractivity contribution in [2.45, 2.75) is 20.3 Å². The number of hydrogen-bond acceptors (Lipinski definition) is 2. The fourth-order valence-corrected chi connectivity index (χ4v) is 2.04. The number of aryl methyl sites for hydroxylation is 1. The van der Waals surface area contributed by atoms with Gasteiger partial charge in [-0.2, -0.15) is 0 Å². The molecular weight excluding hydrogens is 236 g/mol. The van der Waals surface area contributed by atoms with Crippen LogP contribution in [0.2, 0.25) is 0 Å². The van der Waals surface area contributed by atoms with Gasteiger partial charge < -0.3 is 4.74 Å². The van der Waals surface area contributed by atoms with E-state index in [1.165, 1.54) is 0 Å². The molecule has 0 unspecified atom stereocenters. The zero-order valence-electron chi connectivity index (χ0n) is 11.3. The SMILES string of the molecule is CCOC(=O)Cc1cc(-c2ccccc2)ccc1C. The van der Waals surface area contributed by atoms with Crippen LogP contribution in [0.15, 0.2) is 48.5 Å². The molecule has 0 spiro atoms. The molecule has 0 amide bonds. The summed E-state index contributed by atoms with van der Waals surface area (Å²) >= 11 is 0. The van der Waals surface area contributed by atoms with Gasteiger partial charge in [0.25, 0.3) is 0 Å². The van der Waals surface area contributed by atoms with Crippen LogP contribution in [0.4, 0.5) is 0 Å². The summed E-state index contributed by atoms with van der Waals surface area (Å²) in [5, 5.41) is 0. The Balaban J connectivity index is 2.27. The summed E-state index contributed by atoms with van der Waals surface area (Å²) in [4.78, 5) is 11.6. The first kappa shape index (κ1) is 13.3. The van der Waals surface area contributed by atoms with Gasteiger partial charge in [-0.05, 0) is 36.1 Å². The zero-order valence-corrected chi connectivity index (χ0v) is 11.3. The molecule has 0 aromatic heterocycles. The molecule has 0 atom stereocenters. The molecule has 2 rings (SSSR count). The number of carbonyl (C=O) groups excluding carboxylic acids is 1. The monoisotopic (exact) mass is 254 g/mol. The van der Waals surface area contributed by atoms with Crippen LogP contribution in [0, 0.1) is 6.92 Å². The molecule has 0 aliphatic carbocycles. The van der Waals surface area contributed by atoms with Gasteiger partial charge >= 0.3 is 5.97 Å². The number of hydrogen-bond donors (Lipinski definition) is 0. The van der Waals surface area contributed by atoms with Crippen LogP contribution in [0.3, 0.4) is 0 Å². The first-order valence-electron chi connectivity index (χ1n) is 6.51. The molecule has 98 valence electrons. The molecule has 0 aliphatic rings. The molecule has 0 saturated carbocycles. The predicted octanol–water partition coefficient (Wildman–Crippen LogP) is 3.77. The molecule has 19 heavy (non-hydrogen) atoms. The largest absolute Gasteiger partial charge is 0.466 e. The van der Waals surface area contributed by atoms with Crippen LogP contribution in [0.1, 0.15) is 18.1 Å². The smallest absolute Gasteiger partial charge is 0.310 e. The van der Waals surface area contributed by atoms with Gasteiger partial charge in [-0.15, -0.1) is 0 Å². The standard InChI is InChI=1S/C17H18O2/c1-3-19-17(18)12-16-11-15(10-9-13(16)2)14-7-5-4-6-8-14/h4-11H,3,12H2,1-2H3. The molecule has 0 aliphatic heterocycles. The Morgan fingerprint density at radius 3 is 2.47 bits per heavy atom.